The summed E-state index contributed by atoms with van der Waals surface area (Å²) >= 11 is 0. The summed E-state index contributed by atoms with van der Waals surface area (Å²) in [4.78, 5) is 32.7. The van der Waals surface area contributed by atoms with Crippen LogP contribution in [-0.4, -0.2) is 17.9 Å². The van der Waals surface area contributed by atoms with Gasteiger partial charge in [-0.15, -0.1) is 0 Å². The molecule has 0 saturated heterocycles. The number of rotatable bonds is 3. The molecule has 0 bridgehead atoms. The number of carboxylic acid groups (broad SMARTS) is 3. The van der Waals surface area contributed by atoms with E-state index in [0.717, 1.165) is 12.1 Å². The van der Waals surface area contributed by atoms with Crippen LogP contribution in [0.5, 0.6) is 0 Å². The first kappa shape index (κ1) is 26.3. The Labute approximate surface area is 253 Å². The Morgan fingerprint density at radius 1 is 0.682 bits per heavy atom. The number of hydrogen-bond donors (Lipinski definition) is 0. The third-order valence-corrected chi connectivity index (χ3v) is 2.67. The molecule has 0 atom stereocenters. The minimum absolute atomic E-state index is 0. The number of carboxylic acids is 3. The fraction of sp³-hybridized carbons (Fsp3) is 0. The average Bonchev–Trinajstić information content (AvgIpc) is 2.36. The zero-order valence-corrected chi connectivity index (χ0v) is 21.7. The topological polar surface area (TPSA) is 120 Å². The smallest absolute Gasteiger partial charge is 0.545 e. The van der Waals surface area contributed by atoms with Gasteiger partial charge in [0.05, 0.1) is 17.9 Å². The van der Waals surface area contributed by atoms with E-state index in [-0.39, 0.29) is 170 Å². The van der Waals surface area contributed by atoms with Crippen molar-refractivity contribution in [2.45, 2.75) is 0 Å². The second kappa shape index (κ2) is 11.6. The molecule has 2 aromatic rings. The Morgan fingerprint density at radius 2 is 1.23 bits per heavy atom. The van der Waals surface area contributed by atoms with Crippen LogP contribution >= 0.6 is 0 Å². The van der Waals surface area contributed by atoms with E-state index in [1.54, 1.807) is 0 Å². The van der Waals surface area contributed by atoms with Crippen LogP contribution in [0.4, 0.5) is 0 Å². The number of carbonyl (C=O) groups is 3. The van der Waals surface area contributed by atoms with Crippen molar-refractivity contribution in [1.29, 1.82) is 0 Å². The molecule has 0 unspecified atom stereocenters. The van der Waals surface area contributed by atoms with E-state index >= 15 is 0 Å². The molecule has 0 radical (unpaired) electrons. The normalized spacial score (nSPS) is 8.91. The molecule has 2 aromatic carbocycles. The molecule has 0 saturated carbocycles. The standard InChI is InChI=1S/C13H8O6.3K/c14-11(15)6-4-9-7(10(5-6)13(18)19)2-1-3-8(9)12(16)17;;;/h1-5H,(H,14,15)(H,16,17)(H,18,19);;;/q;3*+1/p-3. The molecular formula is C13H5K3O6. The summed E-state index contributed by atoms with van der Waals surface area (Å²) in [7, 11) is 0. The molecule has 0 fully saturated rings. The fourth-order valence-electron chi connectivity index (χ4n) is 1.85. The van der Waals surface area contributed by atoms with Crippen molar-refractivity contribution < 1.29 is 184 Å². The van der Waals surface area contributed by atoms with Crippen molar-refractivity contribution >= 4 is 28.7 Å². The van der Waals surface area contributed by atoms with Crippen molar-refractivity contribution in [3.05, 3.63) is 47.0 Å². The quantitative estimate of drug-likeness (QED) is 0.492. The zero-order chi connectivity index (χ0) is 14.2. The summed E-state index contributed by atoms with van der Waals surface area (Å²) < 4.78 is 0. The maximum absolute atomic E-state index is 11.0. The molecule has 96 valence electrons. The summed E-state index contributed by atoms with van der Waals surface area (Å²) in [5, 5.41) is 32.7. The number of aromatic carboxylic acids is 3. The molecule has 2 rings (SSSR count). The minimum Gasteiger partial charge on any atom is -0.545 e. The van der Waals surface area contributed by atoms with Crippen molar-refractivity contribution in [1.82, 2.24) is 0 Å². The Balaban J connectivity index is 0. The number of hydrogen-bond acceptors (Lipinski definition) is 6. The Bertz CT molecular complexity index is 729. The maximum Gasteiger partial charge on any atom is 1.00 e. The first-order chi connectivity index (χ1) is 8.91. The molecule has 0 heterocycles. The summed E-state index contributed by atoms with van der Waals surface area (Å²) in [5.74, 6) is -4.76. The van der Waals surface area contributed by atoms with Crippen LogP contribution in [0.25, 0.3) is 10.8 Å². The summed E-state index contributed by atoms with van der Waals surface area (Å²) in [6, 6.07) is 5.77. The monoisotopic (exact) mass is 374 g/mol. The molecule has 22 heavy (non-hydrogen) atoms. The molecule has 0 spiro atoms. The van der Waals surface area contributed by atoms with Crippen LogP contribution < -0.4 is 169 Å². The number of carbonyl (C=O) groups excluding carboxylic acids is 3. The summed E-state index contributed by atoms with van der Waals surface area (Å²) in [6.45, 7) is 0. The average molecular weight is 374 g/mol. The van der Waals surface area contributed by atoms with Crippen LogP contribution in [0.1, 0.15) is 31.1 Å². The summed E-state index contributed by atoms with van der Waals surface area (Å²) in [5.41, 5.74) is -1.16. The third-order valence-electron chi connectivity index (χ3n) is 2.67. The van der Waals surface area contributed by atoms with Crippen LogP contribution in [0, 0.1) is 0 Å². The molecule has 0 aromatic heterocycles. The molecular weight excluding hydrogens is 369 g/mol. The first-order valence-electron chi connectivity index (χ1n) is 5.12. The van der Waals surface area contributed by atoms with Gasteiger partial charge in [-0.3, -0.25) is 0 Å². The minimum atomic E-state index is -1.61. The largest absolute Gasteiger partial charge is 1.00 e. The van der Waals surface area contributed by atoms with Crippen LogP contribution in [0.3, 0.4) is 0 Å². The Morgan fingerprint density at radius 3 is 1.68 bits per heavy atom. The molecule has 9 heteroatoms. The van der Waals surface area contributed by atoms with Gasteiger partial charge in [0.15, 0.2) is 0 Å². The second-order valence-corrected chi connectivity index (χ2v) is 3.79. The van der Waals surface area contributed by atoms with Crippen molar-refractivity contribution in [2.75, 3.05) is 0 Å². The Hall–Kier alpha value is 2.02. The SMILES string of the molecule is O=C([O-])c1cc(C(=O)[O-])c2cccc(C(=O)[O-])c2c1.[K+].[K+].[K+]. The summed E-state index contributed by atoms with van der Waals surface area (Å²) in [6.07, 6.45) is 0. The van der Waals surface area contributed by atoms with Gasteiger partial charge in [-0.05, 0) is 28.5 Å². The molecule has 0 aliphatic heterocycles. The molecule has 6 nitrogen and oxygen atoms in total. The maximum atomic E-state index is 11.0. The van der Waals surface area contributed by atoms with Gasteiger partial charge in [-0.25, -0.2) is 0 Å². The second-order valence-electron chi connectivity index (χ2n) is 3.79. The van der Waals surface area contributed by atoms with E-state index in [1.165, 1.54) is 18.2 Å². The number of benzene rings is 2. The van der Waals surface area contributed by atoms with Gasteiger partial charge in [-0.2, -0.15) is 0 Å². The van der Waals surface area contributed by atoms with E-state index in [1.807, 2.05) is 0 Å². The first-order valence-corrected chi connectivity index (χ1v) is 5.12. The molecule has 0 amide bonds. The van der Waals surface area contributed by atoms with Gasteiger partial charge in [0.1, 0.15) is 0 Å². The van der Waals surface area contributed by atoms with Crippen molar-refractivity contribution in [2.24, 2.45) is 0 Å². The van der Waals surface area contributed by atoms with Gasteiger partial charge in [0, 0.05) is 11.1 Å². The van der Waals surface area contributed by atoms with E-state index in [4.69, 9.17) is 0 Å². The van der Waals surface area contributed by atoms with Gasteiger partial charge < -0.3 is 29.7 Å². The van der Waals surface area contributed by atoms with E-state index in [2.05, 4.69) is 0 Å². The van der Waals surface area contributed by atoms with Crippen molar-refractivity contribution in [3.63, 3.8) is 0 Å². The van der Waals surface area contributed by atoms with Gasteiger partial charge >= 0.3 is 154 Å². The van der Waals surface area contributed by atoms with Gasteiger partial charge in [0.2, 0.25) is 0 Å². The third kappa shape index (κ3) is 6.07. The van der Waals surface area contributed by atoms with Crippen LogP contribution in [0.2, 0.25) is 0 Å². The molecule has 0 aliphatic rings. The molecule has 0 N–H and O–H groups in total. The predicted molar refractivity (Wildman–Crippen MR) is 56.9 cm³/mol. The van der Waals surface area contributed by atoms with E-state index in [0.29, 0.717) is 0 Å². The predicted octanol–water partition coefficient (Wildman–Crippen LogP) is -11.1. The van der Waals surface area contributed by atoms with Gasteiger partial charge in [-0.1, -0.05) is 18.2 Å². The van der Waals surface area contributed by atoms with Crippen LogP contribution in [-0.2, 0) is 0 Å². The number of fused-ring (bicyclic) bond motifs is 1. The Kier molecular flexibility index (Phi) is 13.8. The van der Waals surface area contributed by atoms with Gasteiger partial charge in [0.25, 0.3) is 0 Å². The van der Waals surface area contributed by atoms with Crippen molar-refractivity contribution in [3.8, 4) is 0 Å². The fourth-order valence-corrected chi connectivity index (χ4v) is 1.85. The van der Waals surface area contributed by atoms with E-state index < -0.39 is 29.0 Å². The van der Waals surface area contributed by atoms with E-state index in [9.17, 15) is 29.7 Å². The van der Waals surface area contributed by atoms with Crippen LogP contribution in [0.15, 0.2) is 30.3 Å². The zero-order valence-electron chi connectivity index (χ0n) is 12.3. The molecule has 0 aliphatic carbocycles.